The van der Waals surface area contributed by atoms with Crippen molar-refractivity contribution >= 4 is 11.7 Å². The zero-order valence-electron chi connectivity index (χ0n) is 6.70. The third-order valence-electron chi connectivity index (χ3n) is 1.30. The molecule has 12 heavy (non-hydrogen) atoms. The van der Waals surface area contributed by atoms with Crippen LogP contribution in [0.1, 0.15) is 12.5 Å². The van der Waals surface area contributed by atoms with E-state index in [4.69, 9.17) is 0 Å². The Kier molecular flexibility index (Phi) is 2.76. The number of nitrogens with zero attached hydrogens (tertiary/aromatic N) is 1. The van der Waals surface area contributed by atoms with Crippen molar-refractivity contribution in [2.24, 2.45) is 0 Å². The van der Waals surface area contributed by atoms with Gasteiger partial charge >= 0.3 is 0 Å². The molecule has 0 unspecified atom stereocenters. The number of rotatable bonds is 2. The number of pyridine rings is 1. The number of hydrogen-bond donors (Lipinski definition) is 1. The average Bonchev–Trinajstić information content (AvgIpc) is 2.03. The van der Waals surface area contributed by atoms with Gasteiger partial charge in [-0.3, -0.25) is 4.79 Å². The van der Waals surface area contributed by atoms with Gasteiger partial charge in [-0.1, -0.05) is 0 Å². The molecular formula is C8H9N2O2. The molecule has 0 aliphatic heterocycles. The molecule has 1 aromatic rings. The molecular weight excluding hydrogens is 156 g/mol. The maximum absolute atomic E-state index is 10.6. The van der Waals surface area contributed by atoms with Crippen LogP contribution in [0.15, 0.2) is 18.3 Å². The first-order valence-corrected chi connectivity index (χ1v) is 3.53. The van der Waals surface area contributed by atoms with Gasteiger partial charge in [0, 0.05) is 13.1 Å². The van der Waals surface area contributed by atoms with Gasteiger partial charge in [-0.25, -0.2) is 10.1 Å². The molecule has 0 aliphatic carbocycles. The monoisotopic (exact) mass is 165 g/mol. The molecule has 63 valence electrons. The van der Waals surface area contributed by atoms with Gasteiger partial charge in [-0.05, 0) is 17.7 Å². The molecule has 1 radical (unpaired) electrons. The molecule has 0 atom stereocenters. The molecule has 0 fully saturated rings. The lowest BCUT2D eigenvalue weighted by molar-refractivity contribution is -0.114. The van der Waals surface area contributed by atoms with Gasteiger partial charge in [0.25, 0.3) is 0 Å². The Morgan fingerprint density at radius 1 is 1.67 bits per heavy atom. The number of amides is 1. The van der Waals surface area contributed by atoms with Crippen LogP contribution >= 0.6 is 0 Å². The van der Waals surface area contributed by atoms with Crippen molar-refractivity contribution in [1.82, 2.24) is 4.98 Å². The Labute approximate surface area is 70.3 Å². The van der Waals surface area contributed by atoms with E-state index in [1.807, 2.05) is 0 Å². The topological polar surface area (TPSA) is 61.9 Å². The standard InChI is InChI=1S/C8H9N2O2/c1-6(12)10-8-4-7(5-11)2-3-9-8/h2-4H,5H2,1H3,(H,9,10,12). The Balaban J connectivity index is 2.79. The van der Waals surface area contributed by atoms with Gasteiger partial charge in [0.15, 0.2) is 0 Å². The largest absolute Gasteiger partial charge is 0.311 e. The van der Waals surface area contributed by atoms with Crippen molar-refractivity contribution in [1.29, 1.82) is 0 Å². The normalized spacial score (nSPS) is 9.50. The lowest BCUT2D eigenvalue weighted by Gasteiger charge is -2.00. The minimum atomic E-state index is -0.297. The van der Waals surface area contributed by atoms with Crippen LogP contribution in [-0.2, 0) is 16.5 Å². The van der Waals surface area contributed by atoms with Crippen molar-refractivity contribution in [3.63, 3.8) is 0 Å². The van der Waals surface area contributed by atoms with Crippen LogP contribution in [0.3, 0.4) is 0 Å². The molecule has 1 amide bonds. The fourth-order valence-corrected chi connectivity index (χ4v) is 0.813. The van der Waals surface area contributed by atoms with Crippen molar-refractivity contribution in [3.8, 4) is 0 Å². The molecule has 0 aliphatic rings. The van der Waals surface area contributed by atoms with Crippen LogP contribution in [0.4, 0.5) is 5.82 Å². The number of hydrogen-bond acceptors (Lipinski definition) is 2. The summed E-state index contributed by atoms with van der Waals surface area (Å²) in [6.07, 6.45) is 1.50. The van der Waals surface area contributed by atoms with Crippen LogP contribution in [0, 0.1) is 0 Å². The van der Waals surface area contributed by atoms with Gasteiger partial charge < -0.3 is 5.32 Å². The zero-order valence-corrected chi connectivity index (χ0v) is 6.70. The summed E-state index contributed by atoms with van der Waals surface area (Å²) in [7, 11) is 0. The molecule has 1 N–H and O–H groups in total. The highest BCUT2D eigenvalue weighted by Gasteiger charge is 1.97. The van der Waals surface area contributed by atoms with Crippen molar-refractivity contribution < 1.29 is 9.90 Å². The fraction of sp³-hybridized carbons (Fsp3) is 0.250. The van der Waals surface area contributed by atoms with E-state index >= 15 is 0 Å². The Morgan fingerprint density at radius 2 is 2.42 bits per heavy atom. The summed E-state index contributed by atoms with van der Waals surface area (Å²) in [5.74, 6) is 0.237. The van der Waals surface area contributed by atoms with Gasteiger partial charge in [0.05, 0.1) is 0 Å². The number of carbonyl (C=O) groups is 1. The molecule has 4 nitrogen and oxygen atoms in total. The summed E-state index contributed by atoms with van der Waals surface area (Å²) in [4.78, 5) is 14.4. The van der Waals surface area contributed by atoms with Crippen molar-refractivity contribution in [3.05, 3.63) is 23.9 Å². The van der Waals surface area contributed by atoms with E-state index in [0.29, 0.717) is 11.4 Å². The smallest absolute Gasteiger partial charge is 0.222 e. The van der Waals surface area contributed by atoms with Gasteiger partial charge in [0.1, 0.15) is 12.4 Å². The van der Waals surface area contributed by atoms with Crippen LogP contribution in [0.25, 0.3) is 0 Å². The van der Waals surface area contributed by atoms with E-state index in [0.717, 1.165) is 0 Å². The maximum atomic E-state index is 10.6. The van der Waals surface area contributed by atoms with Crippen LogP contribution in [0.5, 0.6) is 0 Å². The van der Waals surface area contributed by atoms with E-state index in [9.17, 15) is 9.90 Å². The van der Waals surface area contributed by atoms with E-state index in [-0.39, 0.29) is 12.5 Å². The highest BCUT2D eigenvalue weighted by molar-refractivity contribution is 5.87. The van der Waals surface area contributed by atoms with E-state index in [2.05, 4.69) is 10.3 Å². The predicted molar refractivity (Wildman–Crippen MR) is 42.9 cm³/mol. The number of aromatic nitrogens is 1. The first-order chi connectivity index (χ1) is 5.72. The van der Waals surface area contributed by atoms with Crippen molar-refractivity contribution in [2.75, 3.05) is 5.32 Å². The molecule has 1 heterocycles. The van der Waals surface area contributed by atoms with E-state index in [1.165, 1.54) is 13.1 Å². The fourth-order valence-electron chi connectivity index (χ4n) is 0.813. The Morgan fingerprint density at radius 3 is 3.00 bits per heavy atom. The van der Waals surface area contributed by atoms with Crippen LogP contribution in [-0.4, -0.2) is 10.9 Å². The third kappa shape index (κ3) is 2.32. The number of anilines is 1. The van der Waals surface area contributed by atoms with Crippen LogP contribution in [0.2, 0.25) is 0 Å². The van der Waals surface area contributed by atoms with E-state index in [1.54, 1.807) is 12.1 Å². The summed E-state index contributed by atoms with van der Waals surface area (Å²) in [5, 5.41) is 12.9. The molecule has 0 saturated carbocycles. The lowest BCUT2D eigenvalue weighted by atomic mass is 10.3. The summed E-state index contributed by atoms with van der Waals surface area (Å²) < 4.78 is 0. The lowest BCUT2D eigenvalue weighted by Crippen LogP contribution is -2.07. The number of carbonyl (C=O) groups excluding carboxylic acids is 1. The molecule has 0 aromatic carbocycles. The minimum absolute atomic E-state index is 0.189. The first kappa shape index (κ1) is 8.67. The summed E-state index contributed by atoms with van der Waals surface area (Å²) in [6.45, 7) is 1.10. The second-order valence-corrected chi connectivity index (χ2v) is 2.37. The number of nitrogens with one attached hydrogen (secondary N) is 1. The minimum Gasteiger partial charge on any atom is -0.311 e. The average molecular weight is 165 g/mol. The zero-order chi connectivity index (χ0) is 8.97. The van der Waals surface area contributed by atoms with E-state index < -0.39 is 0 Å². The molecule has 0 spiro atoms. The first-order valence-electron chi connectivity index (χ1n) is 3.53. The second kappa shape index (κ2) is 3.82. The second-order valence-electron chi connectivity index (χ2n) is 2.37. The highest BCUT2D eigenvalue weighted by atomic mass is 16.3. The molecule has 4 heteroatoms. The summed E-state index contributed by atoms with van der Waals surface area (Å²) in [5.41, 5.74) is 0.619. The quantitative estimate of drug-likeness (QED) is 0.709. The Hall–Kier alpha value is -1.42. The SMILES string of the molecule is CC(=O)Nc1cc(C[O])ccn1. The molecule has 0 bridgehead atoms. The summed E-state index contributed by atoms with van der Waals surface area (Å²) >= 11 is 0. The summed E-state index contributed by atoms with van der Waals surface area (Å²) in [6, 6.07) is 3.19. The maximum Gasteiger partial charge on any atom is 0.222 e. The predicted octanol–water partition coefficient (Wildman–Crippen LogP) is 0.970. The highest BCUT2D eigenvalue weighted by Crippen LogP contribution is 2.06. The molecule has 1 aromatic heterocycles. The van der Waals surface area contributed by atoms with Gasteiger partial charge in [-0.2, -0.15) is 0 Å². The van der Waals surface area contributed by atoms with Crippen LogP contribution < -0.4 is 5.32 Å². The molecule has 0 saturated heterocycles. The molecule has 1 rings (SSSR count). The Bertz CT molecular complexity index is 286. The third-order valence-corrected chi connectivity index (χ3v) is 1.30. The van der Waals surface area contributed by atoms with Gasteiger partial charge in [-0.15, -0.1) is 0 Å². The van der Waals surface area contributed by atoms with Crippen molar-refractivity contribution in [2.45, 2.75) is 13.5 Å². The van der Waals surface area contributed by atoms with Gasteiger partial charge in [0.2, 0.25) is 5.91 Å².